The second-order valence-electron chi connectivity index (χ2n) is 8.12. The minimum absolute atomic E-state index is 0.0813. The fourth-order valence-electron chi connectivity index (χ4n) is 4.25. The SMILES string of the molecule is CC[C@@H](C(=O)c1ccc(Br)cc1)[C@@H]1[C@H](C(=O)NCc2ccccc2)C(=O)OC1(C)C. The third kappa shape index (κ3) is 4.64. The number of cyclic esters (lactones) is 1. The van der Waals surface area contributed by atoms with E-state index in [1.807, 2.05) is 49.4 Å². The molecular weight excluding hydrogens is 446 g/mol. The molecule has 158 valence electrons. The number of hydrogen-bond donors (Lipinski definition) is 1. The van der Waals surface area contributed by atoms with Gasteiger partial charge in [0, 0.05) is 28.4 Å². The third-order valence-corrected chi connectivity index (χ3v) is 6.24. The topological polar surface area (TPSA) is 72.5 Å². The molecule has 1 amide bonds. The normalized spacial score (nSPS) is 21.0. The summed E-state index contributed by atoms with van der Waals surface area (Å²) >= 11 is 3.38. The van der Waals surface area contributed by atoms with E-state index in [9.17, 15) is 14.4 Å². The van der Waals surface area contributed by atoms with Gasteiger partial charge in [0.1, 0.15) is 11.5 Å². The highest BCUT2D eigenvalue weighted by molar-refractivity contribution is 9.10. The van der Waals surface area contributed by atoms with Crippen molar-refractivity contribution in [2.24, 2.45) is 17.8 Å². The number of ketones is 1. The molecule has 1 fully saturated rings. The Labute approximate surface area is 185 Å². The molecule has 0 aliphatic carbocycles. The number of ether oxygens (including phenoxy) is 1. The first-order chi connectivity index (χ1) is 14.2. The lowest BCUT2D eigenvalue weighted by atomic mass is 9.70. The zero-order valence-corrected chi connectivity index (χ0v) is 18.9. The van der Waals surface area contributed by atoms with Gasteiger partial charge < -0.3 is 10.1 Å². The molecule has 1 aliphatic rings. The summed E-state index contributed by atoms with van der Waals surface area (Å²) in [6.07, 6.45) is 0.502. The van der Waals surface area contributed by atoms with Gasteiger partial charge in [-0.2, -0.15) is 0 Å². The minimum atomic E-state index is -1.02. The maximum Gasteiger partial charge on any atom is 0.319 e. The van der Waals surface area contributed by atoms with Gasteiger partial charge in [0.2, 0.25) is 5.91 Å². The van der Waals surface area contributed by atoms with E-state index < -0.39 is 35.2 Å². The van der Waals surface area contributed by atoms with Crippen molar-refractivity contribution in [3.63, 3.8) is 0 Å². The molecule has 0 saturated carbocycles. The van der Waals surface area contributed by atoms with Gasteiger partial charge in [-0.15, -0.1) is 0 Å². The van der Waals surface area contributed by atoms with E-state index in [2.05, 4.69) is 21.2 Å². The van der Waals surface area contributed by atoms with Gasteiger partial charge in [0.15, 0.2) is 5.78 Å². The summed E-state index contributed by atoms with van der Waals surface area (Å²) in [5.74, 6) is -3.14. The first-order valence-corrected chi connectivity index (χ1v) is 10.9. The van der Waals surface area contributed by atoms with E-state index in [0.29, 0.717) is 18.5 Å². The number of halogens is 1. The molecular formula is C24H26BrNO4. The largest absolute Gasteiger partial charge is 0.459 e. The van der Waals surface area contributed by atoms with Crippen LogP contribution in [0.2, 0.25) is 0 Å². The lowest BCUT2D eigenvalue weighted by molar-refractivity contribution is -0.150. The van der Waals surface area contributed by atoms with Crippen LogP contribution in [-0.4, -0.2) is 23.3 Å². The second-order valence-corrected chi connectivity index (χ2v) is 9.03. The Bertz CT molecular complexity index is 924. The summed E-state index contributed by atoms with van der Waals surface area (Å²) in [6, 6.07) is 16.6. The molecule has 5 nitrogen and oxygen atoms in total. The highest BCUT2D eigenvalue weighted by Crippen LogP contribution is 2.44. The molecule has 0 radical (unpaired) electrons. The van der Waals surface area contributed by atoms with Crippen LogP contribution in [0.15, 0.2) is 59.1 Å². The van der Waals surface area contributed by atoms with E-state index in [1.54, 1.807) is 26.0 Å². The Kier molecular flexibility index (Phi) is 6.76. The number of benzene rings is 2. The minimum Gasteiger partial charge on any atom is -0.459 e. The van der Waals surface area contributed by atoms with Crippen LogP contribution in [0.4, 0.5) is 0 Å². The van der Waals surface area contributed by atoms with Gasteiger partial charge in [0.05, 0.1) is 0 Å². The number of carbonyl (C=O) groups is 3. The van der Waals surface area contributed by atoms with E-state index in [4.69, 9.17) is 4.74 Å². The zero-order valence-electron chi connectivity index (χ0n) is 17.4. The van der Waals surface area contributed by atoms with Crippen LogP contribution in [0.5, 0.6) is 0 Å². The molecule has 3 rings (SSSR count). The standard InChI is InChI=1S/C24H26BrNO4/c1-4-18(21(27)16-10-12-17(25)13-11-16)20-19(23(29)30-24(20,2)3)22(28)26-14-15-8-6-5-7-9-15/h5-13,18-20H,4,14H2,1-3H3,(H,26,28)/t18-,19-,20-/m1/s1. The molecule has 30 heavy (non-hydrogen) atoms. The van der Waals surface area contributed by atoms with Crippen molar-refractivity contribution < 1.29 is 19.1 Å². The smallest absolute Gasteiger partial charge is 0.319 e. The van der Waals surface area contributed by atoms with Crippen LogP contribution in [0.1, 0.15) is 43.1 Å². The van der Waals surface area contributed by atoms with Crippen LogP contribution in [0, 0.1) is 17.8 Å². The van der Waals surface area contributed by atoms with Gasteiger partial charge in [-0.1, -0.05) is 65.3 Å². The third-order valence-electron chi connectivity index (χ3n) is 5.71. The molecule has 1 N–H and O–H groups in total. The summed E-state index contributed by atoms with van der Waals surface area (Å²) < 4.78 is 6.46. The van der Waals surface area contributed by atoms with Crippen LogP contribution in [0.25, 0.3) is 0 Å². The molecule has 0 bridgehead atoms. The Morgan fingerprint density at radius 3 is 2.33 bits per heavy atom. The zero-order chi connectivity index (χ0) is 21.9. The van der Waals surface area contributed by atoms with Crippen molar-refractivity contribution in [3.8, 4) is 0 Å². The summed E-state index contributed by atoms with van der Waals surface area (Å²) in [5.41, 5.74) is 0.576. The molecule has 1 heterocycles. The number of carbonyl (C=O) groups excluding carboxylic acids is 3. The Hall–Kier alpha value is -2.47. The molecule has 0 spiro atoms. The number of amides is 1. The summed E-state index contributed by atoms with van der Waals surface area (Å²) in [6.45, 7) is 5.77. The average molecular weight is 472 g/mol. The van der Waals surface area contributed by atoms with Crippen LogP contribution < -0.4 is 5.32 Å². The highest BCUT2D eigenvalue weighted by atomic mass is 79.9. The van der Waals surface area contributed by atoms with E-state index in [0.717, 1.165) is 10.0 Å². The van der Waals surface area contributed by atoms with Crippen molar-refractivity contribution in [2.75, 3.05) is 0 Å². The van der Waals surface area contributed by atoms with Gasteiger partial charge in [0.25, 0.3) is 0 Å². The predicted octanol–water partition coefficient (Wildman–Crippen LogP) is 4.54. The molecule has 6 heteroatoms. The first kappa shape index (κ1) is 22.2. The molecule has 3 atom stereocenters. The quantitative estimate of drug-likeness (QED) is 0.365. The second kappa shape index (κ2) is 9.13. The van der Waals surface area contributed by atoms with Crippen molar-refractivity contribution in [3.05, 3.63) is 70.2 Å². The average Bonchev–Trinajstić information content (AvgIpc) is 2.96. The van der Waals surface area contributed by atoms with Crippen LogP contribution in [-0.2, 0) is 20.9 Å². The lowest BCUT2D eigenvalue weighted by Crippen LogP contribution is -2.44. The van der Waals surface area contributed by atoms with Gasteiger partial charge in [-0.3, -0.25) is 14.4 Å². The number of esters is 1. The fraction of sp³-hybridized carbons (Fsp3) is 0.375. The molecule has 1 saturated heterocycles. The van der Waals surface area contributed by atoms with Crippen molar-refractivity contribution in [1.82, 2.24) is 5.32 Å². The molecule has 2 aromatic carbocycles. The Morgan fingerprint density at radius 1 is 1.10 bits per heavy atom. The molecule has 1 aliphatic heterocycles. The highest BCUT2D eigenvalue weighted by Gasteiger charge is 2.57. The number of nitrogens with one attached hydrogen (secondary N) is 1. The van der Waals surface area contributed by atoms with E-state index in [1.165, 1.54) is 0 Å². The molecule has 2 aromatic rings. The van der Waals surface area contributed by atoms with Crippen molar-refractivity contribution in [1.29, 1.82) is 0 Å². The fourth-order valence-corrected chi connectivity index (χ4v) is 4.52. The van der Waals surface area contributed by atoms with E-state index in [-0.39, 0.29) is 5.78 Å². The van der Waals surface area contributed by atoms with Gasteiger partial charge in [-0.25, -0.2) is 0 Å². The maximum atomic E-state index is 13.3. The number of hydrogen-bond acceptors (Lipinski definition) is 4. The number of rotatable bonds is 7. The summed E-state index contributed by atoms with van der Waals surface area (Å²) in [5, 5.41) is 2.85. The predicted molar refractivity (Wildman–Crippen MR) is 118 cm³/mol. The summed E-state index contributed by atoms with van der Waals surface area (Å²) in [4.78, 5) is 39.0. The number of Topliss-reactive ketones (excluding diaryl/α,β-unsaturated/α-hetero) is 1. The monoisotopic (exact) mass is 471 g/mol. The lowest BCUT2D eigenvalue weighted by Gasteiger charge is -2.32. The van der Waals surface area contributed by atoms with Crippen LogP contribution in [0.3, 0.4) is 0 Å². The van der Waals surface area contributed by atoms with E-state index >= 15 is 0 Å². The van der Waals surface area contributed by atoms with Crippen molar-refractivity contribution >= 4 is 33.6 Å². The molecule has 0 unspecified atom stereocenters. The Balaban J connectivity index is 1.85. The Morgan fingerprint density at radius 2 is 1.73 bits per heavy atom. The summed E-state index contributed by atoms with van der Waals surface area (Å²) in [7, 11) is 0. The maximum absolute atomic E-state index is 13.3. The van der Waals surface area contributed by atoms with Gasteiger partial charge >= 0.3 is 5.97 Å². The van der Waals surface area contributed by atoms with Gasteiger partial charge in [-0.05, 0) is 38.0 Å². The first-order valence-electron chi connectivity index (χ1n) is 10.1. The molecule has 0 aromatic heterocycles. The van der Waals surface area contributed by atoms with Crippen molar-refractivity contribution in [2.45, 2.75) is 39.3 Å². The van der Waals surface area contributed by atoms with Crippen LogP contribution >= 0.6 is 15.9 Å².